The van der Waals surface area contributed by atoms with Crippen LogP contribution in [0.15, 0.2) is 36.4 Å². The van der Waals surface area contributed by atoms with Crippen molar-refractivity contribution in [1.82, 2.24) is 5.32 Å². The highest BCUT2D eigenvalue weighted by atomic mass is 16.2. The van der Waals surface area contributed by atoms with Crippen molar-refractivity contribution >= 4 is 16.8 Å². The molecule has 0 aliphatic rings. The van der Waals surface area contributed by atoms with Gasteiger partial charge in [0.15, 0.2) is 0 Å². The zero-order chi connectivity index (χ0) is 14.0. The third-order valence-corrected chi connectivity index (χ3v) is 3.48. The average molecular weight is 256 g/mol. The van der Waals surface area contributed by atoms with Crippen molar-refractivity contribution in [2.75, 3.05) is 6.54 Å². The van der Waals surface area contributed by atoms with E-state index in [4.69, 9.17) is 5.73 Å². The first-order valence-corrected chi connectivity index (χ1v) is 6.43. The van der Waals surface area contributed by atoms with Crippen molar-refractivity contribution in [1.29, 1.82) is 0 Å². The maximum Gasteiger partial charge on any atom is 0.312 e. The van der Waals surface area contributed by atoms with Gasteiger partial charge in [0.05, 0.1) is 0 Å². The summed E-state index contributed by atoms with van der Waals surface area (Å²) < 4.78 is 0. The van der Waals surface area contributed by atoms with Gasteiger partial charge in [-0.15, -0.1) is 0 Å². The highest BCUT2D eigenvalue weighted by Gasteiger charge is 2.21. The first kappa shape index (κ1) is 13.4. The minimum absolute atomic E-state index is 0.145. The van der Waals surface area contributed by atoms with Crippen molar-refractivity contribution in [3.8, 4) is 0 Å². The Hall–Kier alpha value is -2.03. The molecule has 3 N–H and O–H groups in total. The summed E-state index contributed by atoms with van der Waals surface area (Å²) in [4.78, 5) is 10.8. The Morgan fingerprint density at radius 3 is 2.47 bits per heavy atom. The molecular formula is C16H20N2O. The number of urea groups is 1. The maximum atomic E-state index is 10.8. The highest BCUT2D eigenvalue weighted by Crippen LogP contribution is 2.26. The van der Waals surface area contributed by atoms with E-state index in [1.165, 1.54) is 21.9 Å². The van der Waals surface area contributed by atoms with Gasteiger partial charge in [-0.2, -0.15) is 0 Å². The number of hydrogen-bond acceptors (Lipinski definition) is 1. The number of benzene rings is 2. The molecule has 0 spiro atoms. The van der Waals surface area contributed by atoms with Crippen LogP contribution in [-0.2, 0) is 5.41 Å². The summed E-state index contributed by atoms with van der Waals surface area (Å²) >= 11 is 0. The minimum atomic E-state index is -0.482. The van der Waals surface area contributed by atoms with E-state index in [1.807, 2.05) is 0 Å². The molecule has 0 aromatic heterocycles. The Kier molecular flexibility index (Phi) is 3.47. The molecule has 100 valence electrons. The van der Waals surface area contributed by atoms with E-state index in [9.17, 15) is 4.79 Å². The highest BCUT2D eigenvalue weighted by molar-refractivity contribution is 5.84. The number of primary amides is 1. The second-order valence-electron chi connectivity index (χ2n) is 5.67. The van der Waals surface area contributed by atoms with Gasteiger partial charge in [-0.1, -0.05) is 55.8 Å². The van der Waals surface area contributed by atoms with Gasteiger partial charge in [0.25, 0.3) is 0 Å². The van der Waals surface area contributed by atoms with Crippen LogP contribution in [0.5, 0.6) is 0 Å². The van der Waals surface area contributed by atoms with E-state index >= 15 is 0 Å². The van der Waals surface area contributed by atoms with Crippen LogP contribution in [0, 0.1) is 6.92 Å². The molecule has 19 heavy (non-hydrogen) atoms. The lowest BCUT2D eigenvalue weighted by molar-refractivity contribution is 0.246. The number of carbonyl (C=O) groups excluding carboxylic acids is 1. The monoisotopic (exact) mass is 256 g/mol. The lowest BCUT2D eigenvalue weighted by Gasteiger charge is -2.25. The van der Waals surface area contributed by atoms with Gasteiger partial charge in [0.1, 0.15) is 0 Å². The first-order chi connectivity index (χ1) is 8.88. The van der Waals surface area contributed by atoms with E-state index in [0.717, 1.165) is 0 Å². The zero-order valence-electron chi connectivity index (χ0n) is 11.7. The number of fused-ring (bicyclic) bond motifs is 1. The summed E-state index contributed by atoms with van der Waals surface area (Å²) in [6.45, 7) is 6.81. The number of nitrogens with two attached hydrogens (primary N) is 1. The van der Waals surface area contributed by atoms with Gasteiger partial charge < -0.3 is 11.1 Å². The molecule has 2 aromatic rings. The maximum absolute atomic E-state index is 10.8. The van der Waals surface area contributed by atoms with Crippen LogP contribution in [0.2, 0.25) is 0 Å². The van der Waals surface area contributed by atoms with Crippen LogP contribution in [0.25, 0.3) is 10.8 Å². The molecule has 0 aliphatic heterocycles. The molecule has 0 saturated heterocycles. The largest absolute Gasteiger partial charge is 0.352 e. The van der Waals surface area contributed by atoms with Crippen molar-refractivity contribution in [2.45, 2.75) is 26.2 Å². The van der Waals surface area contributed by atoms with E-state index < -0.39 is 6.03 Å². The van der Waals surface area contributed by atoms with E-state index in [1.54, 1.807) is 0 Å². The average Bonchev–Trinajstić information content (AvgIpc) is 2.36. The molecule has 3 nitrogen and oxygen atoms in total. The number of rotatable bonds is 3. The van der Waals surface area contributed by atoms with Crippen LogP contribution in [0.4, 0.5) is 4.79 Å². The van der Waals surface area contributed by atoms with Crippen LogP contribution in [0.3, 0.4) is 0 Å². The standard InChI is InChI=1S/C16H20N2O/c1-11-4-5-13-9-14(7-6-12(13)8-11)16(2,3)10-18-15(17)19/h4-9H,10H2,1-3H3,(H3,17,18,19). The molecule has 0 bridgehead atoms. The fourth-order valence-electron chi connectivity index (χ4n) is 2.20. The summed E-state index contributed by atoms with van der Waals surface area (Å²) in [6.07, 6.45) is 0. The second kappa shape index (κ2) is 4.92. The number of hydrogen-bond donors (Lipinski definition) is 2. The Labute approximate surface area is 113 Å². The predicted octanol–water partition coefficient (Wildman–Crippen LogP) is 3.09. The fourth-order valence-corrected chi connectivity index (χ4v) is 2.20. The number of amides is 2. The molecule has 0 atom stereocenters. The molecule has 0 radical (unpaired) electrons. The van der Waals surface area contributed by atoms with Gasteiger partial charge in [-0.25, -0.2) is 4.79 Å². The molecule has 2 aromatic carbocycles. The molecule has 0 aliphatic carbocycles. The van der Waals surface area contributed by atoms with Gasteiger partial charge in [0.2, 0.25) is 0 Å². The Morgan fingerprint density at radius 1 is 1.16 bits per heavy atom. The van der Waals surface area contributed by atoms with Crippen LogP contribution in [-0.4, -0.2) is 12.6 Å². The normalized spacial score (nSPS) is 11.5. The van der Waals surface area contributed by atoms with Crippen molar-refractivity contribution < 1.29 is 4.79 Å². The lowest BCUT2D eigenvalue weighted by atomic mass is 9.83. The van der Waals surface area contributed by atoms with Crippen LogP contribution >= 0.6 is 0 Å². The van der Waals surface area contributed by atoms with Gasteiger partial charge in [-0.05, 0) is 23.3 Å². The first-order valence-electron chi connectivity index (χ1n) is 6.43. The molecule has 0 heterocycles. The summed E-state index contributed by atoms with van der Waals surface area (Å²) in [6, 6.07) is 12.4. The Bertz CT molecular complexity index is 617. The number of aryl methyl sites for hydroxylation is 1. The molecule has 0 saturated carbocycles. The molecule has 0 fully saturated rings. The van der Waals surface area contributed by atoms with Crippen molar-refractivity contribution in [2.24, 2.45) is 5.73 Å². The van der Waals surface area contributed by atoms with E-state index in [0.29, 0.717) is 6.54 Å². The Morgan fingerprint density at radius 2 is 1.79 bits per heavy atom. The summed E-state index contributed by atoms with van der Waals surface area (Å²) in [5.41, 5.74) is 7.44. The van der Waals surface area contributed by atoms with E-state index in [-0.39, 0.29) is 5.41 Å². The van der Waals surface area contributed by atoms with Gasteiger partial charge >= 0.3 is 6.03 Å². The summed E-state index contributed by atoms with van der Waals surface area (Å²) in [5, 5.41) is 5.14. The van der Waals surface area contributed by atoms with Gasteiger partial charge in [-0.3, -0.25) is 0 Å². The minimum Gasteiger partial charge on any atom is -0.352 e. The third-order valence-electron chi connectivity index (χ3n) is 3.48. The second-order valence-corrected chi connectivity index (χ2v) is 5.67. The SMILES string of the molecule is Cc1ccc2cc(C(C)(C)CNC(N)=O)ccc2c1. The van der Waals surface area contributed by atoms with Gasteiger partial charge in [0, 0.05) is 12.0 Å². The third kappa shape index (κ3) is 3.05. The predicted molar refractivity (Wildman–Crippen MR) is 79.3 cm³/mol. The van der Waals surface area contributed by atoms with Crippen molar-refractivity contribution in [3.05, 3.63) is 47.5 Å². The summed E-state index contributed by atoms with van der Waals surface area (Å²) in [5.74, 6) is 0. The fraction of sp³-hybridized carbons (Fsp3) is 0.312. The summed E-state index contributed by atoms with van der Waals surface area (Å²) in [7, 11) is 0. The van der Waals surface area contributed by atoms with E-state index in [2.05, 4.69) is 62.5 Å². The molecule has 2 rings (SSSR count). The van der Waals surface area contributed by atoms with Crippen molar-refractivity contribution in [3.63, 3.8) is 0 Å². The topological polar surface area (TPSA) is 55.1 Å². The van der Waals surface area contributed by atoms with Crippen LogP contribution in [0.1, 0.15) is 25.0 Å². The molecular weight excluding hydrogens is 236 g/mol. The molecule has 3 heteroatoms. The quantitative estimate of drug-likeness (QED) is 0.871. The zero-order valence-corrected chi connectivity index (χ0v) is 11.7. The molecule has 0 unspecified atom stereocenters. The Balaban J connectivity index is 2.34. The van der Waals surface area contributed by atoms with Crippen LogP contribution < -0.4 is 11.1 Å². The smallest absolute Gasteiger partial charge is 0.312 e. The lowest BCUT2D eigenvalue weighted by Crippen LogP contribution is -2.39. The molecule has 2 amide bonds. The number of carbonyl (C=O) groups is 1. The number of nitrogens with one attached hydrogen (secondary N) is 1.